The van der Waals surface area contributed by atoms with Crippen LogP contribution in [0, 0.1) is 0 Å². The average molecular weight is 162 g/mol. The third-order valence-electron chi connectivity index (χ3n) is 1.26. The minimum Gasteiger partial charge on any atom is -0.139 e. The van der Waals surface area contributed by atoms with Crippen molar-refractivity contribution in [3.8, 4) is 11.3 Å². The van der Waals surface area contributed by atoms with E-state index >= 15 is 0 Å². The molecule has 3 nitrogen and oxygen atoms in total. The third kappa shape index (κ3) is 1.29. The molecular formula is C9H7N3. The lowest BCUT2D eigenvalue weighted by Crippen LogP contribution is -1.88. The zero-order chi connectivity index (χ0) is 12.6. The first kappa shape index (κ1) is 3.31. The highest BCUT2D eigenvalue weighted by molar-refractivity contribution is 5.57. The number of benzene rings is 1. The zero-order valence-corrected chi connectivity index (χ0v) is 6.00. The molecule has 0 atom stereocenters. The van der Waals surface area contributed by atoms with Crippen LogP contribution < -0.4 is 0 Å². The predicted molar refractivity (Wildman–Crippen MR) is 45.3 cm³/mol. The summed E-state index contributed by atoms with van der Waals surface area (Å²) in [6.45, 7) is 0. The van der Waals surface area contributed by atoms with Crippen LogP contribution in [0.1, 0.15) is 6.85 Å². The van der Waals surface area contributed by atoms with E-state index in [1.165, 1.54) is 12.3 Å². The fraction of sp³-hybridized carbons (Fsp3) is 0. The second kappa shape index (κ2) is 3.09. The molecule has 0 fully saturated rings. The SMILES string of the molecule is [2H]c1c([2H])c([2H])c(-c2ccnnn2)c([2H])c1[2H]. The monoisotopic (exact) mass is 162 g/mol. The molecule has 1 aromatic carbocycles. The van der Waals surface area contributed by atoms with Gasteiger partial charge in [0.25, 0.3) is 0 Å². The Balaban J connectivity index is 2.80. The van der Waals surface area contributed by atoms with Gasteiger partial charge in [-0.1, -0.05) is 30.2 Å². The summed E-state index contributed by atoms with van der Waals surface area (Å²) >= 11 is 0. The van der Waals surface area contributed by atoms with Crippen molar-refractivity contribution in [2.24, 2.45) is 0 Å². The summed E-state index contributed by atoms with van der Waals surface area (Å²) in [5, 5.41) is 10.5. The summed E-state index contributed by atoms with van der Waals surface area (Å²) in [4.78, 5) is 0. The molecule has 0 bridgehead atoms. The number of hydrogen-bond acceptors (Lipinski definition) is 3. The Labute approximate surface area is 77.1 Å². The number of nitrogens with zero attached hydrogens (tertiary/aromatic N) is 3. The Morgan fingerprint density at radius 1 is 1.17 bits per heavy atom. The van der Waals surface area contributed by atoms with Crippen molar-refractivity contribution in [1.29, 1.82) is 0 Å². The van der Waals surface area contributed by atoms with Crippen molar-refractivity contribution in [3.05, 3.63) is 42.5 Å². The standard InChI is InChI=1S/C9H7N3/c1-2-4-8(5-3-1)9-6-7-10-12-11-9/h1-7H/i1D,2D,3D,4D,5D. The first-order valence-electron chi connectivity index (χ1n) is 5.75. The third-order valence-corrected chi connectivity index (χ3v) is 1.26. The van der Waals surface area contributed by atoms with Gasteiger partial charge in [0.1, 0.15) is 0 Å². The second-order valence-electron chi connectivity index (χ2n) is 2.01. The highest BCUT2D eigenvalue weighted by Gasteiger charge is 1.95. The van der Waals surface area contributed by atoms with E-state index in [2.05, 4.69) is 15.4 Å². The normalized spacial score (nSPS) is 15.5. The van der Waals surface area contributed by atoms with Crippen molar-refractivity contribution in [2.75, 3.05) is 0 Å². The van der Waals surface area contributed by atoms with Crippen molar-refractivity contribution >= 4 is 0 Å². The van der Waals surface area contributed by atoms with Crippen LogP contribution in [0.3, 0.4) is 0 Å². The highest BCUT2D eigenvalue weighted by Crippen LogP contribution is 2.12. The Morgan fingerprint density at radius 3 is 2.67 bits per heavy atom. The number of rotatable bonds is 1. The Kier molecular flexibility index (Phi) is 0.851. The highest BCUT2D eigenvalue weighted by atomic mass is 15.3. The summed E-state index contributed by atoms with van der Waals surface area (Å²) in [5.41, 5.74) is 0.239. The van der Waals surface area contributed by atoms with E-state index in [9.17, 15) is 0 Å². The van der Waals surface area contributed by atoms with Crippen molar-refractivity contribution in [3.63, 3.8) is 0 Å². The topological polar surface area (TPSA) is 38.7 Å². The largest absolute Gasteiger partial charge is 0.139 e. The molecule has 0 N–H and O–H groups in total. The van der Waals surface area contributed by atoms with E-state index in [1.807, 2.05) is 0 Å². The van der Waals surface area contributed by atoms with E-state index in [-0.39, 0.29) is 35.4 Å². The molecule has 0 aliphatic rings. The molecule has 0 radical (unpaired) electrons. The van der Waals surface area contributed by atoms with Crippen molar-refractivity contribution in [1.82, 2.24) is 15.4 Å². The van der Waals surface area contributed by atoms with E-state index in [4.69, 9.17) is 6.85 Å². The Morgan fingerprint density at radius 2 is 2.00 bits per heavy atom. The number of aromatic nitrogens is 3. The predicted octanol–water partition coefficient (Wildman–Crippen LogP) is 1.54. The summed E-state index contributed by atoms with van der Waals surface area (Å²) in [7, 11) is 0. The van der Waals surface area contributed by atoms with Gasteiger partial charge in [0.2, 0.25) is 0 Å². The Hall–Kier alpha value is -1.77. The molecule has 0 spiro atoms. The van der Waals surface area contributed by atoms with Crippen molar-refractivity contribution < 1.29 is 6.85 Å². The lowest BCUT2D eigenvalue weighted by molar-refractivity contribution is 0.870. The smallest absolute Gasteiger partial charge is 0.0963 e. The molecular weight excluding hydrogens is 150 g/mol. The second-order valence-corrected chi connectivity index (χ2v) is 2.01. The first-order chi connectivity index (χ1) is 8.04. The molecule has 2 aromatic rings. The minimum atomic E-state index is -0.425. The van der Waals surface area contributed by atoms with Crippen LogP contribution in [-0.2, 0) is 0 Å². The molecule has 1 aromatic heterocycles. The lowest BCUT2D eigenvalue weighted by Gasteiger charge is -1.95. The summed E-state index contributed by atoms with van der Waals surface area (Å²) in [6, 6.07) is -0.348. The van der Waals surface area contributed by atoms with Gasteiger partial charge in [0.15, 0.2) is 0 Å². The molecule has 0 aliphatic carbocycles. The quantitative estimate of drug-likeness (QED) is 0.638. The van der Waals surface area contributed by atoms with Gasteiger partial charge in [0, 0.05) is 5.56 Å². The van der Waals surface area contributed by atoms with Crippen LogP contribution in [0.2, 0.25) is 0 Å². The molecule has 3 heteroatoms. The van der Waals surface area contributed by atoms with Gasteiger partial charge in [-0.2, -0.15) is 0 Å². The maximum absolute atomic E-state index is 7.71. The van der Waals surface area contributed by atoms with Crippen LogP contribution in [-0.4, -0.2) is 15.4 Å². The molecule has 0 aliphatic heterocycles. The molecule has 0 saturated carbocycles. The minimum absolute atomic E-state index is 0.0332. The maximum Gasteiger partial charge on any atom is 0.0963 e. The van der Waals surface area contributed by atoms with Gasteiger partial charge in [-0.15, -0.1) is 10.2 Å². The summed E-state index contributed by atoms with van der Waals surface area (Å²) < 4.78 is 37.9. The van der Waals surface area contributed by atoms with Gasteiger partial charge < -0.3 is 0 Å². The first-order valence-corrected chi connectivity index (χ1v) is 3.25. The zero-order valence-electron chi connectivity index (χ0n) is 11.0. The lowest BCUT2D eigenvalue weighted by atomic mass is 10.2. The summed E-state index contributed by atoms with van der Waals surface area (Å²) in [6.07, 6.45) is 1.35. The van der Waals surface area contributed by atoms with E-state index < -0.39 is 6.04 Å². The molecule has 12 heavy (non-hydrogen) atoms. The molecule has 0 unspecified atom stereocenters. The fourth-order valence-electron chi connectivity index (χ4n) is 0.752. The van der Waals surface area contributed by atoms with E-state index in [1.54, 1.807) is 0 Å². The average Bonchev–Trinajstić information content (AvgIpc) is 2.36. The molecule has 0 saturated heterocycles. The molecule has 2 rings (SSSR count). The van der Waals surface area contributed by atoms with Gasteiger partial charge in [-0.25, -0.2) is 0 Å². The molecule has 0 amide bonds. The van der Waals surface area contributed by atoms with Gasteiger partial charge >= 0.3 is 0 Å². The van der Waals surface area contributed by atoms with E-state index in [0.29, 0.717) is 0 Å². The van der Waals surface area contributed by atoms with Gasteiger partial charge in [0.05, 0.1) is 18.7 Å². The van der Waals surface area contributed by atoms with Gasteiger partial charge in [-0.3, -0.25) is 0 Å². The van der Waals surface area contributed by atoms with Crippen LogP contribution in [0.25, 0.3) is 11.3 Å². The van der Waals surface area contributed by atoms with Crippen LogP contribution in [0.4, 0.5) is 0 Å². The molecule has 58 valence electrons. The van der Waals surface area contributed by atoms with Crippen LogP contribution in [0.15, 0.2) is 42.5 Å². The van der Waals surface area contributed by atoms with Crippen molar-refractivity contribution in [2.45, 2.75) is 0 Å². The van der Waals surface area contributed by atoms with E-state index in [0.717, 1.165) is 0 Å². The fourth-order valence-corrected chi connectivity index (χ4v) is 0.752. The summed E-state index contributed by atoms with van der Waals surface area (Å²) in [5.74, 6) is 0. The van der Waals surface area contributed by atoms with Crippen LogP contribution in [0.5, 0.6) is 0 Å². The molecule has 1 heterocycles. The van der Waals surface area contributed by atoms with Crippen LogP contribution >= 0.6 is 0 Å². The van der Waals surface area contributed by atoms with Gasteiger partial charge in [-0.05, 0) is 11.3 Å². The number of hydrogen-bond donors (Lipinski definition) is 0. The Bertz CT molecular complexity index is 544. The maximum atomic E-state index is 7.71.